The Labute approximate surface area is 162 Å². The Kier molecular flexibility index (Phi) is 6.34. The number of rotatable bonds is 5. The third-order valence-electron chi connectivity index (χ3n) is 3.96. The van der Waals surface area contributed by atoms with E-state index in [1.54, 1.807) is 6.07 Å². The number of anilines is 1. The molecule has 1 amide bonds. The van der Waals surface area contributed by atoms with E-state index in [4.69, 9.17) is 16.3 Å². The van der Waals surface area contributed by atoms with Gasteiger partial charge in [0, 0.05) is 44.6 Å². The molecule has 6 nitrogen and oxygen atoms in total. The van der Waals surface area contributed by atoms with E-state index in [1.807, 2.05) is 48.2 Å². The Morgan fingerprint density at radius 2 is 2.04 bits per heavy atom. The van der Waals surface area contributed by atoms with Crippen LogP contribution in [0.4, 0.5) is 5.82 Å². The van der Waals surface area contributed by atoms with Gasteiger partial charge in [-0.3, -0.25) is 4.79 Å². The SMILES string of the molecule is CN(C)c1cc(Cl)nc(SCc2cccc(C(=O)N3CCOCC3)c2)n1. The minimum absolute atomic E-state index is 0.0500. The van der Waals surface area contributed by atoms with Gasteiger partial charge in [0.05, 0.1) is 13.2 Å². The second-order valence-corrected chi connectivity index (χ2v) is 7.45. The molecular formula is C18H21ClN4O2S. The highest BCUT2D eigenvalue weighted by Crippen LogP contribution is 2.24. The predicted octanol–water partition coefficient (Wildman–Crippen LogP) is 2.96. The zero-order valence-corrected chi connectivity index (χ0v) is 16.4. The number of hydrogen-bond acceptors (Lipinski definition) is 6. The monoisotopic (exact) mass is 392 g/mol. The summed E-state index contributed by atoms with van der Waals surface area (Å²) in [5, 5.41) is 1.04. The smallest absolute Gasteiger partial charge is 0.254 e. The fraction of sp³-hybridized carbons (Fsp3) is 0.389. The molecule has 0 bridgehead atoms. The molecule has 1 aliphatic heterocycles. The highest BCUT2D eigenvalue weighted by molar-refractivity contribution is 7.98. The average Bonchev–Trinajstić information content (AvgIpc) is 2.66. The number of ether oxygens (including phenoxy) is 1. The van der Waals surface area contributed by atoms with Crippen LogP contribution in [0, 0.1) is 0 Å². The molecule has 8 heteroatoms. The van der Waals surface area contributed by atoms with E-state index in [-0.39, 0.29) is 5.91 Å². The van der Waals surface area contributed by atoms with Crippen molar-refractivity contribution in [3.05, 3.63) is 46.6 Å². The molecule has 0 saturated carbocycles. The quantitative estimate of drug-likeness (QED) is 0.443. The fourth-order valence-electron chi connectivity index (χ4n) is 2.57. The lowest BCUT2D eigenvalue weighted by molar-refractivity contribution is 0.0303. The van der Waals surface area contributed by atoms with Crippen molar-refractivity contribution in [2.45, 2.75) is 10.9 Å². The molecule has 0 radical (unpaired) electrons. The predicted molar refractivity (Wildman–Crippen MR) is 104 cm³/mol. The van der Waals surface area contributed by atoms with E-state index in [9.17, 15) is 4.79 Å². The van der Waals surface area contributed by atoms with Gasteiger partial charge in [-0.1, -0.05) is 35.5 Å². The molecule has 1 aromatic carbocycles. The second kappa shape index (κ2) is 8.70. The summed E-state index contributed by atoms with van der Waals surface area (Å²) >= 11 is 7.57. The van der Waals surface area contributed by atoms with Crippen LogP contribution in [0.2, 0.25) is 5.15 Å². The van der Waals surface area contributed by atoms with E-state index in [2.05, 4.69) is 9.97 Å². The van der Waals surface area contributed by atoms with E-state index < -0.39 is 0 Å². The maximum Gasteiger partial charge on any atom is 0.254 e. The number of morpholine rings is 1. The Morgan fingerprint density at radius 1 is 1.27 bits per heavy atom. The molecule has 2 heterocycles. The van der Waals surface area contributed by atoms with Crippen molar-refractivity contribution in [1.82, 2.24) is 14.9 Å². The standard InChI is InChI=1S/C18H21ClN4O2S/c1-22(2)16-11-15(19)20-18(21-16)26-12-13-4-3-5-14(10-13)17(24)23-6-8-25-9-7-23/h3-5,10-11H,6-9,12H2,1-2H3. The van der Waals surface area contributed by atoms with E-state index in [0.29, 0.717) is 47.9 Å². The van der Waals surface area contributed by atoms with Crippen LogP contribution in [0.1, 0.15) is 15.9 Å². The topological polar surface area (TPSA) is 58.6 Å². The van der Waals surface area contributed by atoms with Crippen molar-refractivity contribution >= 4 is 35.1 Å². The van der Waals surface area contributed by atoms with Crippen LogP contribution in [-0.2, 0) is 10.5 Å². The van der Waals surface area contributed by atoms with Crippen LogP contribution in [0.25, 0.3) is 0 Å². The van der Waals surface area contributed by atoms with Crippen LogP contribution >= 0.6 is 23.4 Å². The van der Waals surface area contributed by atoms with Crippen LogP contribution in [0.15, 0.2) is 35.5 Å². The van der Waals surface area contributed by atoms with Gasteiger partial charge in [-0.05, 0) is 17.7 Å². The molecule has 1 aliphatic rings. The van der Waals surface area contributed by atoms with Crippen LogP contribution in [0.5, 0.6) is 0 Å². The van der Waals surface area contributed by atoms with Gasteiger partial charge in [-0.15, -0.1) is 0 Å². The van der Waals surface area contributed by atoms with Gasteiger partial charge in [0.25, 0.3) is 5.91 Å². The number of benzene rings is 1. The summed E-state index contributed by atoms with van der Waals surface area (Å²) in [6, 6.07) is 9.43. The van der Waals surface area contributed by atoms with Gasteiger partial charge in [-0.2, -0.15) is 0 Å². The number of hydrogen-bond donors (Lipinski definition) is 0. The van der Waals surface area contributed by atoms with E-state index in [0.717, 1.165) is 11.4 Å². The summed E-state index contributed by atoms with van der Waals surface area (Å²) in [5.41, 5.74) is 1.75. The first-order valence-electron chi connectivity index (χ1n) is 8.33. The highest BCUT2D eigenvalue weighted by atomic mass is 35.5. The molecule has 1 fully saturated rings. The van der Waals surface area contributed by atoms with Crippen molar-refractivity contribution in [2.24, 2.45) is 0 Å². The molecule has 0 spiro atoms. The lowest BCUT2D eigenvalue weighted by Gasteiger charge is -2.27. The van der Waals surface area contributed by atoms with Gasteiger partial charge >= 0.3 is 0 Å². The normalized spacial score (nSPS) is 14.3. The summed E-state index contributed by atoms with van der Waals surface area (Å²) in [7, 11) is 3.82. The first kappa shape index (κ1) is 18.9. The summed E-state index contributed by atoms with van der Waals surface area (Å²) in [6.45, 7) is 2.48. The molecule has 2 aromatic rings. The Bertz CT molecular complexity index is 782. The lowest BCUT2D eigenvalue weighted by Crippen LogP contribution is -2.40. The molecule has 0 N–H and O–H groups in total. The zero-order chi connectivity index (χ0) is 18.5. The first-order chi connectivity index (χ1) is 12.5. The van der Waals surface area contributed by atoms with Crippen molar-refractivity contribution < 1.29 is 9.53 Å². The first-order valence-corrected chi connectivity index (χ1v) is 9.70. The van der Waals surface area contributed by atoms with Crippen LogP contribution in [0.3, 0.4) is 0 Å². The molecule has 0 unspecified atom stereocenters. The summed E-state index contributed by atoms with van der Waals surface area (Å²) in [5.74, 6) is 1.48. The van der Waals surface area contributed by atoms with Crippen molar-refractivity contribution in [3.8, 4) is 0 Å². The van der Waals surface area contributed by atoms with Gasteiger partial charge in [0.1, 0.15) is 11.0 Å². The van der Waals surface area contributed by atoms with Crippen LogP contribution < -0.4 is 4.90 Å². The molecule has 0 atom stereocenters. The number of carbonyl (C=O) groups is 1. The maximum atomic E-state index is 12.6. The van der Waals surface area contributed by atoms with E-state index in [1.165, 1.54) is 11.8 Å². The molecular weight excluding hydrogens is 372 g/mol. The van der Waals surface area contributed by atoms with Crippen molar-refractivity contribution in [3.63, 3.8) is 0 Å². The van der Waals surface area contributed by atoms with Gasteiger partial charge < -0.3 is 14.5 Å². The van der Waals surface area contributed by atoms with Crippen LogP contribution in [-0.4, -0.2) is 61.2 Å². The molecule has 138 valence electrons. The van der Waals surface area contributed by atoms with Gasteiger partial charge in [-0.25, -0.2) is 9.97 Å². The molecule has 1 aromatic heterocycles. The number of nitrogens with zero attached hydrogens (tertiary/aromatic N) is 4. The molecule has 1 saturated heterocycles. The Balaban J connectivity index is 1.68. The molecule has 3 rings (SSSR count). The minimum atomic E-state index is 0.0500. The number of carbonyl (C=O) groups excluding carboxylic acids is 1. The van der Waals surface area contributed by atoms with Crippen molar-refractivity contribution in [1.29, 1.82) is 0 Å². The summed E-state index contributed by atoms with van der Waals surface area (Å²) in [4.78, 5) is 25.1. The Hall–Kier alpha value is -1.83. The highest BCUT2D eigenvalue weighted by Gasteiger charge is 2.18. The lowest BCUT2D eigenvalue weighted by atomic mass is 10.1. The zero-order valence-electron chi connectivity index (χ0n) is 14.8. The van der Waals surface area contributed by atoms with Gasteiger partial charge in [0.2, 0.25) is 0 Å². The fourth-order valence-corrected chi connectivity index (χ4v) is 3.59. The third kappa shape index (κ3) is 4.87. The minimum Gasteiger partial charge on any atom is -0.378 e. The third-order valence-corrected chi connectivity index (χ3v) is 5.07. The number of amides is 1. The number of thioether (sulfide) groups is 1. The van der Waals surface area contributed by atoms with E-state index >= 15 is 0 Å². The maximum absolute atomic E-state index is 12.6. The number of aromatic nitrogens is 2. The summed E-state index contributed by atoms with van der Waals surface area (Å²) < 4.78 is 5.31. The van der Waals surface area contributed by atoms with Gasteiger partial charge in [0.15, 0.2) is 5.16 Å². The average molecular weight is 393 g/mol. The second-order valence-electron chi connectivity index (χ2n) is 6.12. The largest absolute Gasteiger partial charge is 0.378 e. The molecule has 26 heavy (non-hydrogen) atoms. The van der Waals surface area contributed by atoms with Crippen molar-refractivity contribution in [2.75, 3.05) is 45.3 Å². The Morgan fingerprint density at radius 3 is 2.77 bits per heavy atom. The summed E-state index contributed by atoms with van der Waals surface area (Å²) in [6.07, 6.45) is 0. The molecule has 0 aliphatic carbocycles. The number of halogens is 1.